The maximum absolute atomic E-state index is 12.6. The van der Waals surface area contributed by atoms with Crippen molar-refractivity contribution in [2.24, 2.45) is 0 Å². The second-order valence-corrected chi connectivity index (χ2v) is 7.61. The van der Waals surface area contributed by atoms with E-state index in [1.807, 2.05) is 48.5 Å². The van der Waals surface area contributed by atoms with E-state index in [2.05, 4.69) is 36.8 Å². The number of carbonyl (C=O) groups excluding carboxylic acids is 1. The van der Waals surface area contributed by atoms with Crippen LogP contribution in [0.3, 0.4) is 0 Å². The quantitative estimate of drug-likeness (QED) is 0.422. The monoisotopic (exact) mass is 481 g/mol. The molecular weight excluding hydrogens is 466 g/mol. The first-order valence-corrected chi connectivity index (χ1v) is 10.1. The summed E-state index contributed by atoms with van der Waals surface area (Å²) >= 11 is 8.65. The van der Waals surface area contributed by atoms with Gasteiger partial charge in [0, 0.05) is 10.2 Å². The Labute approximate surface area is 186 Å². The molecule has 0 bridgehead atoms. The van der Waals surface area contributed by atoms with Gasteiger partial charge in [0.05, 0.1) is 18.4 Å². The van der Waals surface area contributed by atoms with Gasteiger partial charge in [0.2, 0.25) is 0 Å². The lowest BCUT2D eigenvalue weighted by atomic mass is 10.2. The summed E-state index contributed by atoms with van der Waals surface area (Å²) < 4.78 is 6.01. The van der Waals surface area contributed by atoms with E-state index in [0.717, 1.165) is 15.7 Å². The highest BCUT2D eigenvalue weighted by molar-refractivity contribution is 9.10. The molecule has 0 saturated carbocycles. The Morgan fingerprint density at radius 1 is 1.03 bits per heavy atom. The van der Waals surface area contributed by atoms with Crippen molar-refractivity contribution in [2.45, 2.75) is 0 Å². The molecule has 7 nitrogen and oxygen atoms in total. The van der Waals surface area contributed by atoms with Gasteiger partial charge in [0.15, 0.2) is 5.11 Å². The first kappa shape index (κ1) is 20.0. The van der Waals surface area contributed by atoms with Crippen LogP contribution in [0, 0.1) is 0 Å². The number of hydrogen-bond acceptors (Lipinski definition) is 5. The SMILES string of the molecule is COc1ccc(Br)cc1C(=O)NC(=S)Nc1ccc2nn(-c3ccccc3)nc2c1. The van der Waals surface area contributed by atoms with Gasteiger partial charge >= 0.3 is 0 Å². The van der Waals surface area contributed by atoms with E-state index in [9.17, 15) is 4.79 Å². The summed E-state index contributed by atoms with van der Waals surface area (Å²) in [6, 6.07) is 20.3. The highest BCUT2D eigenvalue weighted by Crippen LogP contribution is 2.23. The highest BCUT2D eigenvalue weighted by atomic mass is 79.9. The van der Waals surface area contributed by atoms with Crippen LogP contribution in [-0.2, 0) is 0 Å². The van der Waals surface area contributed by atoms with Crippen molar-refractivity contribution in [3.8, 4) is 11.4 Å². The van der Waals surface area contributed by atoms with Gasteiger partial charge in [0.1, 0.15) is 16.8 Å². The van der Waals surface area contributed by atoms with Crippen molar-refractivity contribution in [3.05, 3.63) is 76.8 Å². The third-order valence-corrected chi connectivity index (χ3v) is 4.96. The molecule has 0 aliphatic heterocycles. The number of fused-ring (bicyclic) bond motifs is 1. The number of carbonyl (C=O) groups is 1. The second kappa shape index (κ2) is 8.60. The predicted octanol–water partition coefficient (Wildman–Crippen LogP) is 4.32. The lowest BCUT2D eigenvalue weighted by molar-refractivity contribution is 0.0974. The molecule has 0 saturated heterocycles. The average Bonchev–Trinajstić information content (AvgIpc) is 3.17. The molecule has 0 fully saturated rings. The zero-order valence-electron chi connectivity index (χ0n) is 15.8. The van der Waals surface area contributed by atoms with Crippen molar-refractivity contribution < 1.29 is 9.53 Å². The van der Waals surface area contributed by atoms with Crippen LogP contribution >= 0.6 is 28.1 Å². The van der Waals surface area contributed by atoms with Gasteiger partial charge in [-0.3, -0.25) is 10.1 Å². The van der Waals surface area contributed by atoms with Gasteiger partial charge in [-0.25, -0.2) is 0 Å². The normalized spacial score (nSPS) is 10.6. The Kier molecular flexibility index (Phi) is 5.73. The van der Waals surface area contributed by atoms with Gasteiger partial charge in [-0.15, -0.1) is 10.2 Å². The maximum Gasteiger partial charge on any atom is 0.261 e. The van der Waals surface area contributed by atoms with Crippen LogP contribution in [0.4, 0.5) is 5.69 Å². The molecule has 4 rings (SSSR count). The Bertz CT molecular complexity index is 1240. The first-order valence-electron chi connectivity index (χ1n) is 8.92. The molecule has 0 atom stereocenters. The van der Waals surface area contributed by atoms with Gasteiger partial charge in [-0.05, 0) is 60.7 Å². The summed E-state index contributed by atoms with van der Waals surface area (Å²) in [7, 11) is 1.51. The molecule has 4 aromatic rings. The molecule has 1 heterocycles. The third-order valence-electron chi connectivity index (χ3n) is 4.26. The molecule has 2 N–H and O–H groups in total. The van der Waals surface area contributed by atoms with E-state index in [1.165, 1.54) is 7.11 Å². The van der Waals surface area contributed by atoms with Crippen LogP contribution in [0.2, 0.25) is 0 Å². The van der Waals surface area contributed by atoms with E-state index in [1.54, 1.807) is 23.0 Å². The minimum atomic E-state index is -0.373. The van der Waals surface area contributed by atoms with E-state index in [0.29, 0.717) is 22.5 Å². The Morgan fingerprint density at radius 3 is 2.57 bits per heavy atom. The fourth-order valence-electron chi connectivity index (χ4n) is 2.86. The van der Waals surface area contributed by atoms with Crippen LogP contribution in [-0.4, -0.2) is 33.1 Å². The molecule has 0 aliphatic rings. The number of para-hydroxylation sites is 1. The molecule has 0 aliphatic carbocycles. The van der Waals surface area contributed by atoms with Crippen molar-refractivity contribution in [3.63, 3.8) is 0 Å². The van der Waals surface area contributed by atoms with E-state index < -0.39 is 0 Å². The fourth-order valence-corrected chi connectivity index (χ4v) is 3.43. The zero-order valence-corrected chi connectivity index (χ0v) is 18.2. The molecule has 30 heavy (non-hydrogen) atoms. The van der Waals surface area contributed by atoms with E-state index >= 15 is 0 Å². The van der Waals surface area contributed by atoms with Gasteiger partial charge in [-0.1, -0.05) is 34.1 Å². The number of thiocarbonyl (C=S) groups is 1. The summed E-state index contributed by atoms with van der Waals surface area (Å²) in [5.74, 6) is 0.0826. The van der Waals surface area contributed by atoms with Crippen molar-refractivity contribution in [1.82, 2.24) is 20.3 Å². The minimum absolute atomic E-state index is 0.164. The number of anilines is 1. The van der Waals surface area contributed by atoms with Crippen molar-refractivity contribution in [1.29, 1.82) is 0 Å². The van der Waals surface area contributed by atoms with Crippen LogP contribution in [0.5, 0.6) is 5.75 Å². The van der Waals surface area contributed by atoms with Crippen LogP contribution in [0.15, 0.2) is 71.2 Å². The summed E-state index contributed by atoms with van der Waals surface area (Å²) in [5, 5.41) is 14.8. The van der Waals surface area contributed by atoms with Crippen LogP contribution in [0.25, 0.3) is 16.7 Å². The number of nitrogens with zero attached hydrogens (tertiary/aromatic N) is 3. The number of ether oxygens (including phenoxy) is 1. The van der Waals surface area contributed by atoms with Gasteiger partial charge in [-0.2, -0.15) is 4.80 Å². The Hall–Kier alpha value is -3.30. The first-order chi connectivity index (χ1) is 14.5. The second-order valence-electron chi connectivity index (χ2n) is 6.28. The Morgan fingerprint density at radius 2 is 1.80 bits per heavy atom. The third kappa shape index (κ3) is 4.32. The van der Waals surface area contributed by atoms with Crippen LogP contribution in [0.1, 0.15) is 10.4 Å². The van der Waals surface area contributed by atoms with Crippen LogP contribution < -0.4 is 15.4 Å². The van der Waals surface area contributed by atoms with Gasteiger partial charge in [0.25, 0.3) is 5.91 Å². The number of rotatable bonds is 4. The maximum atomic E-state index is 12.6. The molecule has 9 heteroatoms. The summed E-state index contributed by atoms with van der Waals surface area (Å²) in [6.07, 6.45) is 0. The number of nitrogens with one attached hydrogen (secondary N) is 2. The zero-order chi connectivity index (χ0) is 21.1. The number of hydrogen-bond donors (Lipinski definition) is 2. The number of aromatic nitrogens is 3. The largest absolute Gasteiger partial charge is 0.496 e. The summed E-state index contributed by atoms with van der Waals surface area (Å²) in [6.45, 7) is 0. The molecule has 1 amide bonds. The Balaban J connectivity index is 1.49. The number of amides is 1. The number of benzene rings is 3. The van der Waals surface area contributed by atoms with Crippen molar-refractivity contribution in [2.75, 3.05) is 12.4 Å². The topological polar surface area (TPSA) is 81.1 Å². The molecule has 0 radical (unpaired) electrons. The molecule has 3 aromatic carbocycles. The molecule has 0 spiro atoms. The molecule has 150 valence electrons. The average molecular weight is 482 g/mol. The van der Waals surface area contributed by atoms with Gasteiger partial charge < -0.3 is 10.1 Å². The van der Waals surface area contributed by atoms with Crippen molar-refractivity contribution >= 4 is 55.9 Å². The molecule has 1 aromatic heterocycles. The number of methoxy groups -OCH3 is 1. The summed E-state index contributed by atoms with van der Waals surface area (Å²) in [5.41, 5.74) is 3.38. The minimum Gasteiger partial charge on any atom is -0.496 e. The lowest BCUT2D eigenvalue weighted by Crippen LogP contribution is -2.34. The molecular formula is C21H16BrN5O2S. The number of halogens is 1. The van der Waals surface area contributed by atoms with E-state index in [4.69, 9.17) is 17.0 Å². The smallest absolute Gasteiger partial charge is 0.261 e. The fraction of sp³-hybridized carbons (Fsp3) is 0.0476. The summed E-state index contributed by atoms with van der Waals surface area (Å²) in [4.78, 5) is 14.2. The standard InChI is InChI=1S/C21H16BrN5O2S/c1-29-19-10-7-13(22)11-16(19)20(28)24-21(30)23-14-8-9-17-18(12-14)26-27(25-17)15-5-3-2-4-6-15/h2-12H,1H3,(H2,23,24,28,30). The highest BCUT2D eigenvalue weighted by Gasteiger charge is 2.14. The van der Waals surface area contributed by atoms with E-state index in [-0.39, 0.29) is 11.0 Å². The predicted molar refractivity (Wildman–Crippen MR) is 123 cm³/mol. The lowest BCUT2D eigenvalue weighted by Gasteiger charge is -2.12. The molecule has 0 unspecified atom stereocenters.